The number of benzene rings is 1. The van der Waals surface area contributed by atoms with Crippen molar-refractivity contribution in [3.63, 3.8) is 0 Å². The van der Waals surface area contributed by atoms with Crippen molar-refractivity contribution in [3.05, 3.63) is 35.5 Å². The van der Waals surface area contributed by atoms with Crippen LogP contribution in [0.25, 0.3) is 10.9 Å². The molecule has 0 unspecified atom stereocenters. The number of anilines is 1. The van der Waals surface area contributed by atoms with Crippen LogP contribution in [0.4, 0.5) is 10.5 Å². The lowest BCUT2D eigenvalue weighted by Crippen LogP contribution is -2.56. The molecule has 0 spiro atoms. The van der Waals surface area contributed by atoms with Gasteiger partial charge >= 0.3 is 6.03 Å². The second-order valence-corrected chi connectivity index (χ2v) is 8.51. The van der Waals surface area contributed by atoms with Gasteiger partial charge in [0.2, 0.25) is 5.91 Å². The number of aromatic nitrogens is 1. The molecule has 0 radical (unpaired) electrons. The highest BCUT2D eigenvalue weighted by Gasteiger charge is 2.24. The molecule has 3 heterocycles. The van der Waals surface area contributed by atoms with E-state index in [-0.39, 0.29) is 18.5 Å². The van der Waals surface area contributed by atoms with Crippen LogP contribution >= 0.6 is 11.6 Å². The standard InChI is InChI=1S/C22H27ClN6O3/c23-16-5-6-17-18(14-16)24-8-7-19(17)27-10-12-28(13-11-27)22(32)26-25-20(30)15-29-9-3-1-2-4-21(29)31/h5-8,14H,1-4,9-13,15H2,(H,25,30)(H,26,32). The molecule has 2 aromatic rings. The lowest BCUT2D eigenvalue weighted by Gasteiger charge is -2.36. The Morgan fingerprint density at radius 2 is 1.81 bits per heavy atom. The average molecular weight is 459 g/mol. The number of rotatable bonds is 3. The maximum absolute atomic E-state index is 12.5. The minimum atomic E-state index is -0.394. The highest BCUT2D eigenvalue weighted by molar-refractivity contribution is 6.31. The van der Waals surface area contributed by atoms with Crippen LogP contribution in [0.3, 0.4) is 0 Å². The highest BCUT2D eigenvalue weighted by Crippen LogP contribution is 2.28. The minimum absolute atomic E-state index is 0.00833. The van der Waals surface area contributed by atoms with E-state index in [1.165, 1.54) is 0 Å². The number of urea groups is 1. The molecule has 9 nitrogen and oxygen atoms in total. The van der Waals surface area contributed by atoms with Crippen LogP contribution in [0.2, 0.25) is 5.02 Å². The van der Waals surface area contributed by atoms with Crippen molar-refractivity contribution in [2.24, 2.45) is 0 Å². The van der Waals surface area contributed by atoms with E-state index >= 15 is 0 Å². The zero-order chi connectivity index (χ0) is 22.5. The first-order chi connectivity index (χ1) is 15.5. The number of fused-ring (bicyclic) bond motifs is 1. The van der Waals surface area contributed by atoms with E-state index in [2.05, 4.69) is 20.7 Å². The Hall–Kier alpha value is -3.07. The van der Waals surface area contributed by atoms with Gasteiger partial charge in [0.05, 0.1) is 5.52 Å². The first kappa shape index (κ1) is 22.1. The van der Waals surface area contributed by atoms with Gasteiger partial charge in [0, 0.05) is 61.4 Å². The molecule has 10 heteroatoms. The Morgan fingerprint density at radius 1 is 1.00 bits per heavy atom. The zero-order valence-corrected chi connectivity index (χ0v) is 18.6. The lowest BCUT2D eigenvalue weighted by molar-refractivity contribution is -0.135. The van der Waals surface area contributed by atoms with Crippen LogP contribution in [-0.4, -0.2) is 71.9 Å². The molecule has 32 heavy (non-hydrogen) atoms. The van der Waals surface area contributed by atoms with Gasteiger partial charge in [-0.1, -0.05) is 18.0 Å². The predicted octanol–water partition coefficient (Wildman–Crippen LogP) is 2.15. The maximum atomic E-state index is 12.5. The van der Waals surface area contributed by atoms with E-state index in [1.54, 1.807) is 16.0 Å². The summed E-state index contributed by atoms with van der Waals surface area (Å²) in [6, 6.07) is 7.26. The molecule has 0 aliphatic carbocycles. The maximum Gasteiger partial charge on any atom is 0.336 e. The fourth-order valence-electron chi connectivity index (χ4n) is 4.15. The van der Waals surface area contributed by atoms with E-state index in [4.69, 9.17) is 11.6 Å². The van der Waals surface area contributed by atoms with Crippen molar-refractivity contribution in [1.82, 2.24) is 25.6 Å². The number of amides is 4. The molecule has 2 N–H and O–H groups in total. The van der Waals surface area contributed by atoms with E-state index in [1.807, 2.05) is 24.3 Å². The van der Waals surface area contributed by atoms with E-state index < -0.39 is 5.91 Å². The summed E-state index contributed by atoms with van der Waals surface area (Å²) in [5, 5.41) is 1.66. The van der Waals surface area contributed by atoms with E-state index in [0.717, 1.165) is 35.9 Å². The number of hydrazine groups is 1. The van der Waals surface area contributed by atoms with Crippen molar-refractivity contribution in [2.45, 2.75) is 25.7 Å². The average Bonchev–Trinajstić information content (AvgIpc) is 3.01. The molecule has 1 aromatic heterocycles. The number of nitrogens with zero attached hydrogens (tertiary/aromatic N) is 4. The lowest BCUT2D eigenvalue weighted by atomic mass is 10.1. The molecule has 2 fully saturated rings. The molecular weight excluding hydrogens is 432 g/mol. The Balaban J connectivity index is 1.27. The topological polar surface area (TPSA) is 97.9 Å². The van der Waals surface area contributed by atoms with Crippen molar-refractivity contribution >= 4 is 46.0 Å². The second-order valence-electron chi connectivity index (χ2n) is 8.07. The van der Waals surface area contributed by atoms with Crippen LogP contribution in [0.1, 0.15) is 25.7 Å². The SMILES string of the molecule is O=C(CN1CCCCCC1=O)NNC(=O)N1CCN(c2ccnc3cc(Cl)ccc23)CC1. The van der Waals surface area contributed by atoms with Gasteiger partial charge in [-0.3, -0.25) is 20.0 Å². The summed E-state index contributed by atoms with van der Waals surface area (Å²) in [7, 11) is 0. The number of piperazine rings is 1. The number of hydrogen-bond donors (Lipinski definition) is 2. The summed E-state index contributed by atoms with van der Waals surface area (Å²) >= 11 is 6.08. The third-order valence-corrected chi connectivity index (χ3v) is 6.14. The van der Waals surface area contributed by atoms with Gasteiger partial charge in [0.1, 0.15) is 6.54 Å². The zero-order valence-electron chi connectivity index (χ0n) is 17.8. The number of pyridine rings is 1. The molecule has 0 saturated carbocycles. The number of likely N-dealkylation sites (tertiary alicyclic amines) is 1. The Kier molecular flexibility index (Phi) is 6.94. The van der Waals surface area contributed by atoms with Gasteiger partial charge in [-0.2, -0.15) is 0 Å². The summed E-state index contributed by atoms with van der Waals surface area (Å²) in [6.07, 6.45) is 5.00. The first-order valence-corrected chi connectivity index (χ1v) is 11.3. The van der Waals surface area contributed by atoms with Crippen LogP contribution in [0, 0.1) is 0 Å². The molecule has 2 saturated heterocycles. The largest absolute Gasteiger partial charge is 0.367 e. The molecule has 4 amide bonds. The number of carbonyl (C=O) groups is 3. The van der Waals surface area contributed by atoms with Gasteiger partial charge < -0.3 is 14.7 Å². The molecule has 2 aliphatic heterocycles. The third kappa shape index (κ3) is 5.21. The molecule has 4 rings (SSSR count). The fourth-order valence-corrected chi connectivity index (χ4v) is 4.32. The molecule has 2 aliphatic rings. The molecule has 1 aromatic carbocycles. The van der Waals surface area contributed by atoms with Gasteiger partial charge in [-0.25, -0.2) is 10.2 Å². The monoisotopic (exact) mass is 458 g/mol. The van der Waals surface area contributed by atoms with Gasteiger partial charge in [-0.05, 0) is 37.1 Å². The van der Waals surface area contributed by atoms with Gasteiger partial charge in [0.15, 0.2) is 0 Å². The summed E-state index contributed by atoms with van der Waals surface area (Å²) in [5.74, 6) is -0.403. The number of carbonyl (C=O) groups excluding carboxylic acids is 3. The van der Waals surface area contributed by atoms with Gasteiger partial charge in [-0.15, -0.1) is 0 Å². The molecule has 0 bridgehead atoms. The summed E-state index contributed by atoms with van der Waals surface area (Å²) in [4.78, 5) is 46.5. The van der Waals surface area contributed by atoms with Crippen molar-refractivity contribution in [3.8, 4) is 0 Å². The van der Waals surface area contributed by atoms with E-state index in [9.17, 15) is 14.4 Å². The predicted molar refractivity (Wildman–Crippen MR) is 122 cm³/mol. The molecular formula is C22H27ClN6O3. The minimum Gasteiger partial charge on any atom is -0.367 e. The summed E-state index contributed by atoms with van der Waals surface area (Å²) in [5.41, 5.74) is 6.79. The van der Waals surface area contributed by atoms with Crippen molar-refractivity contribution < 1.29 is 14.4 Å². The van der Waals surface area contributed by atoms with Crippen LogP contribution in [0.15, 0.2) is 30.5 Å². The Labute approximate surface area is 191 Å². The normalized spacial score (nSPS) is 17.3. The number of nitrogens with one attached hydrogen (secondary N) is 2. The fraction of sp³-hybridized carbons (Fsp3) is 0.455. The number of hydrogen-bond acceptors (Lipinski definition) is 5. The molecule has 0 atom stereocenters. The highest BCUT2D eigenvalue weighted by atomic mass is 35.5. The number of halogens is 1. The Morgan fingerprint density at radius 3 is 2.62 bits per heavy atom. The third-order valence-electron chi connectivity index (χ3n) is 5.90. The van der Waals surface area contributed by atoms with Crippen LogP contribution in [0.5, 0.6) is 0 Å². The molecule has 170 valence electrons. The first-order valence-electron chi connectivity index (χ1n) is 10.9. The Bertz CT molecular complexity index is 1010. The van der Waals surface area contributed by atoms with Crippen LogP contribution in [-0.2, 0) is 9.59 Å². The van der Waals surface area contributed by atoms with Crippen molar-refractivity contribution in [2.75, 3.05) is 44.2 Å². The van der Waals surface area contributed by atoms with Gasteiger partial charge in [0.25, 0.3) is 5.91 Å². The summed E-state index contributed by atoms with van der Waals surface area (Å²) < 4.78 is 0. The van der Waals surface area contributed by atoms with E-state index in [0.29, 0.717) is 44.2 Å². The quantitative estimate of drug-likeness (QED) is 0.687. The summed E-state index contributed by atoms with van der Waals surface area (Å²) in [6.45, 7) is 2.90. The van der Waals surface area contributed by atoms with Crippen LogP contribution < -0.4 is 15.8 Å². The second kappa shape index (κ2) is 10.0. The smallest absolute Gasteiger partial charge is 0.336 e. The van der Waals surface area contributed by atoms with Crippen molar-refractivity contribution in [1.29, 1.82) is 0 Å².